The first-order valence-electron chi connectivity index (χ1n) is 5.51. The molecule has 15 heavy (non-hydrogen) atoms. The van der Waals surface area contributed by atoms with E-state index in [2.05, 4.69) is 20.8 Å². The Bertz CT molecular complexity index is 342. The number of hydrogen-bond donors (Lipinski definition) is 1. The third-order valence-electron chi connectivity index (χ3n) is 2.80. The van der Waals surface area contributed by atoms with Crippen molar-refractivity contribution in [2.24, 2.45) is 0 Å². The maximum atomic E-state index is 10.9. The fraction of sp³-hybridized carbons (Fsp3) is 0.462. The topological polar surface area (TPSA) is 37.3 Å². The minimum Gasteiger partial charge on any atom is -0.478 e. The molecule has 0 aromatic heterocycles. The van der Waals surface area contributed by atoms with Crippen molar-refractivity contribution < 1.29 is 9.90 Å². The van der Waals surface area contributed by atoms with E-state index in [1.54, 1.807) is 12.1 Å². The summed E-state index contributed by atoms with van der Waals surface area (Å²) in [6.07, 6.45) is 2.78. The Labute approximate surface area is 90.9 Å². The van der Waals surface area contributed by atoms with Crippen LogP contribution >= 0.6 is 0 Å². The molecule has 0 spiro atoms. The molecule has 0 radical (unpaired) electrons. The summed E-state index contributed by atoms with van der Waals surface area (Å²) in [5.41, 5.74) is 4.09. The van der Waals surface area contributed by atoms with Crippen LogP contribution in [0.5, 0.6) is 0 Å². The second kappa shape index (κ2) is 4.96. The van der Waals surface area contributed by atoms with E-state index < -0.39 is 5.97 Å². The number of hydrogen-bond acceptors (Lipinski definition) is 1. The highest BCUT2D eigenvalue weighted by atomic mass is 16.4. The first-order chi connectivity index (χ1) is 7.13. The number of carboxylic acids is 1. The van der Waals surface area contributed by atoms with E-state index in [0.29, 0.717) is 5.56 Å². The quantitative estimate of drug-likeness (QED) is 0.822. The molecular weight excluding hydrogens is 188 g/mol. The molecule has 0 amide bonds. The van der Waals surface area contributed by atoms with Crippen LogP contribution in [0.15, 0.2) is 12.1 Å². The van der Waals surface area contributed by atoms with Crippen LogP contribution in [0.4, 0.5) is 0 Å². The molecule has 2 heteroatoms. The highest BCUT2D eigenvalue weighted by Gasteiger charge is 2.10. The van der Waals surface area contributed by atoms with Crippen LogP contribution < -0.4 is 0 Å². The average molecular weight is 206 g/mol. The van der Waals surface area contributed by atoms with Crippen LogP contribution in [-0.4, -0.2) is 11.1 Å². The molecule has 0 aliphatic heterocycles. The normalized spacial score (nSPS) is 10.3. The molecular formula is C13H18O2. The highest BCUT2D eigenvalue weighted by Crippen LogP contribution is 2.20. The van der Waals surface area contributed by atoms with E-state index >= 15 is 0 Å². The Hall–Kier alpha value is -1.31. The molecule has 0 unspecified atom stereocenters. The van der Waals surface area contributed by atoms with Gasteiger partial charge in [-0.1, -0.05) is 20.8 Å². The van der Waals surface area contributed by atoms with E-state index in [1.165, 1.54) is 16.7 Å². The monoisotopic (exact) mass is 206 g/mol. The minimum absolute atomic E-state index is 0.418. The predicted molar refractivity (Wildman–Crippen MR) is 61.5 cm³/mol. The Morgan fingerprint density at radius 2 is 1.53 bits per heavy atom. The Balaban J connectivity index is 3.35. The number of benzene rings is 1. The first kappa shape index (κ1) is 11.8. The van der Waals surface area contributed by atoms with Crippen molar-refractivity contribution in [1.29, 1.82) is 0 Å². The first-order valence-corrected chi connectivity index (χ1v) is 5.51. The SMILES string of the molecule is CCc1cc(C(=O)O)cc(CC)c1CC. The summed E-state index contributed by atoms with van der Waals surface area (Å²) in [4.78, 5) is 10.9. The van der Waals surface area contributed by atoms with Gasteiger partial charge in [0.2, 0.25) is 0 Å². The highest BCUT2D eigenvalue weighted by molar-refractivity contribution is 5.88. The van der Waals surface area contributed by atoms with E-state index in [-0.39, 0.29) is 0 Å². The average Bonchev–Trinajstić information content (AvgIpc) is 2.26. The lowest BCUT2D eigenvalue weighted by atomic mass is 9.93. The molecule has 2 nitrogen and oxygen atoms in total. The zero-order valence-corrected chi connectivity index (χ0v) is 9.63. The molecule has 0 heterocycles. The fourth-order valence-corrected chi connectivity index (χ4v) is 2.01. The van der Waals surface area contributed by atoms with Gasteiger partial charge in [0, 0.05) is 0 Å². The molecule has 0 saturated carbocycles. The van der Waals surface area contributed by atoms with Gasteiger partial charge < -0.3 is 5.11 Å². The van der Waals surface area contributed by atoms with Gasteiger partial charge in [0.05, 0.1) is 5.56 Å². The summed E-state index contributed by atoms with van der Waals surface area (Å²) in [5.74, 6) is -0.831. The van der Waals surface area contributed by atoms with E-state index in [1.807, 2.05) is 0 Å². The lowest BCUT2D eigenvalue weighted by Crippen LogP contribution is -2.04. The summed E-state index contributed by atoms with van der Waals surface area (Å²) >= 11 is 0. The van der Waals surface area contributed by atoms with Crippen molar-refractivity contribution in [1.82, 2.24) is 0 Å². The largest absolute Gasteiger partial charge is 0.478 e. The standard InChI is InChI=1S/C13H18O2/c1-4-9-7-11(13(14)15)8-10(5-2)12(9)6-3/h7-8H,4-6H2,1-3H3,(H,14,15). The van der Waals surface area contributed by atoms with Crippen LogP contribution in [0.1, 0.15) is 47.8 Å². The van der Waals surface area contributed by atoms with Crippen LogP contribution in [0.2, 0.25) is 0 Å². The summed E-state index contributed by atoms with van der Waals surface area (Å²) < 4.78 is 0. The minimum atomic E-state index is -0.831. The van der Waals surface area contributed by atoms with E-state index in [0.717, 1.165) is 19.3 Å². The van der Waals surface area contributed by atoms with E-state index in [9.17, 15) is 4.79 Å². The molecule has 1 rings (SSSR count). The second-order valence-corrected chi connectivity index (χ2v) is 3.64. The van der Waals surface area contributed by atoms with Gasteiger partial charge in [-0.05, 0) is 48.1 Å². The molecule has 0 aliphatic rings. The van der Waals surface area contributed by atoms with Gasteiger partial charge in [0.25, 0.3) is 0 Å². The summed E-state index contributed by atoms with van der Waals surface area (Å²) in [5, 5.41) is 8.99. The number of carboxylic acid groups (broad SMARTS) is 1. The van der Waals surface area contributed by atoms with Gasteiger partial charge in [0.15, 0.2) is 0 Å². The molecule has 0 fully saturated rings. The van der Waals surface area contributed by atoms with Gasteiger partial charge >= 0.3 is 5.97 Å². The molecule has 0 atom stereocenters. The molecule has 82 valence electrons. The third kappa shape index (κ3) is 2.38. The Morgan fingerprint density at radius 3 is 1.80 bits per heavy atom. The van der Waals surface area contributed by atoms with Crippen LogP contribution in [0, 0.1) is 0 Å². The Kier molecular flexibility index (Phi) is 3.89. The van der Waals surface area contributed by atoms with Crippen molar-refractivity contribution in [2.45, 2.75) is 40.0 Å². The Morgan fingerprint density at radius 1 is 1.07 bits per heavy atom. The number of aryl methyl sites for hydroxylation is 2. The van der Waals surface area contributed by atoms with Crippen molar-refractivity contribution in [3.8, 4) is 0 Å². The molecule has 0 saturated heterocycles. The van der Waals surface area contributed by atoms with Crippen LogP contribution in [0.25, 0.3) is 0 Å². The fourth-order valence-electron chi connectivity index (χ4n) is 2.01. The summed E-state index contributed by atoms with van der Waals surface area (Å²) in [6, 6.07) is 3.61. The summed E-state index contributed by atoms with van der Waals surface area (Å²) in [6.45, 7) is 6.26. The third-order valence-corrected chi connectivity index (χ3v) is 2.80. The van der Waals surface area contributed by atoms with Crippen molar-refractivity contribution in [2.75, 3.05) is 0 Å². The zero-order valence-electron chi connectivity index (χ0n) is 9.63. The van der Waals surface area contributed by atoms with Gasteiger partial charge in [-0.15, -0.1) is 0 Å². The number of rotatable bonds is 4. The van der Waals surface area contributed by atoms with Gasteiger partial charge in [-0.25, -0.2) is 4.79 Å². The van der Waals surface area contributed by atoms with Crippen LogP contribution in [0.3, 0.4) is 0 Å². The predicted octanol–water partition coefficient (Wildman–Crippen LogP) is 3.07. The number of aromatic carboxylic acids is 1. The maximum Gasteiger partial charge on any atom is 0.335 e. The maximum absolute atomic E-state index is 10.9. The lowest BCUT2D eigenvalue weighted by Gasteiger charge is -2.12. The molecule has 0 aliphatic carbocycles. The molecule has 0 bridgehead atoms. The van der Waals surface area contributed by atoms with Gasteiger partial charge in [-0.2, -0.15) is 0 Å². The van der Waals surface area contributed by atoms with Crippen molar-refractivity contribution in [3.05, 3.63) is 34.4 Å². The van der Waals surface area contributed by atoms with Crippen molar-refractivity contribution >= 4 is 5.97 Å². The molecule has 1 aromatic rings. The van der Waals surface area contributed by atoms with Gasteiger partial charge in [0.1, 0.15) is 0 Å². The van der Waals surface area contributed by atoms with E-state index in [4.69, 9.17) is 5.11 Å². The van der Waals surface area contributed by atoms with Gasteiger partial charge in [-0.3, -0.25) is 0 Å². The lowest BCUT2D eigenvalue weighted by molar-refractivity contribution is 0.0696. The second-order valence-electron chi connectivity index (χ2n) is 3.64. The molecule has 1 aromatic carbocycles. The smallest absolute Gasteiger partial charge is 0.335 e. The molecule has 1 N–H and O–H groups in total. The summed E-state index contributed by atoms with van der Waals surface area (Å²) in [7, 11) is 0. The number of carbonyl (C=O) groups is 1. The van der Waals surface area contributed by atoms with Crippen molar-refractivity contribution in [3.63, 3.8) is 0 Å². The van der Waals surface area contributed by atoms with Crippen LogP contribution in [-0.2, 0) is 19.3 Å². The zero-order chi connectivity index (χ0) is 11.4.